The zero-order valence-corrected chi connectivity index (χ0v) is 20.9. The Kier molecular flexibility index (Phi) is 7.50. The molecule has 190 valence electrons. The molecule has 2 N–H and O–H groups in total. The highest BCUT2D eigenvalue weighted by Crippen LogP contribution is 2.44. The molecule has 3 aromatic carbocycles. The summed E-state index contributed by atoms with van der Waals surface area (Å²) in [6.45, 7) is 2.18. The number of esters is 1. The van der Waals surface area contributed by atoms with Crippen LogP contribution in [0.2, 0.25) is 5.02 Å². The first kappa shape index (κ1) is 25.8. The van der Waals surface area contributed by atoms with Crippen LogP contribution in [0.3, 0.4) is 0 Å². The molecule has 0 spiro atoms. The molecule has 0 saturated carbocycles. The summed E-state index contributed by atoms with van der Waals surface area (Å²) in [5, 5.41) is 21.6. The van der Waals surface area contributed by atoms with Crippen molar-refractivity contribution in [3.05, 3.63) is 94.0 Å². The number of nitrogens with zero attached hydrogens (tertiary/aromatic N) is 1. The van der Waals surface area contributed by atoms with Gasteiger partial charge in [0.1, 0.15) is 17.3 Å². The van der Waals surface area contributed by atoms with Gasteiger partial charge >= 0.3 is 5.97 Å². The molecule has 1 saturated heterocycles. The Balaban J connectivity index is 1.88. The van der Waals surface area contributed by atoms with Crippen molar-refractivity contribution in [3.63, 3.8) is 0 Å². The van der Waals surface area contributed by atoms with Crippen LogP contribution in [0.25, 0.3) is 5.76 Å². The number of hydrogen-bond donors (Lipinski definition) is 2. The fourth-order valence-electron chi connectivity index (χ4n) is 4.21. The average molecular weight is 522 g/mol. The van der Waals surface area contributed by atoms with Crippen LogP contribution in [0.15, 0.2) is 72.3 Å². The van der Waals surface area contributed by atoms with Gasteiger partial charge < -0.3 is 19.7 Å². The Morgan fingerprint density at radius 3 is 2.43 bits per heavy atom. The molecule has 37 heavy (non-hydrogen) atoms. The number of anilines is 1. The van der Waals surface area contributed by atoms with Crippen LogP contribution in [0, 0.1) is 0 Å². The van der Waals surface area contributed by atoms with Crippen LogP contribution in [0.4, 0.5) is 5.69 Å². The molecule has 9 heteroatoms. The zero-order chi connectivity index (χ0) is 26.7. The third-order valence-corrected chi connectivity index (χ3v) is 6.25. The maximum atomic E-state index is 13.3. The molecule has 4 rings (SSSR count). The number of aliphatic hydroxyl groups is 1. The van der Waals surface area contributed by atoms with Crippen LogP contribution in [-0.2, 0) is 25.5 Å². The Morgan fingerprint density at radius 2 is 1.78 bits per heavy atom. The maximum Gasteiger partial charge on any atom is 0.309 e. The Bertz CT molecular complexity index is 1400. The lowest BCUT2D eigenvalue weighted by molar-refractivity contribution is -0.139. The molecular formula is C28H24ClNO7. The van der Waals surface area contributed by atoms with E-state index in [1.807, 2.05) is 0 Å². The van der Waals surface area contributed by atoms with Crippen LogP contribution in [0.5, 0.6) is 11.5 Å². The third-order valence-electron chi connectivity index (χ3n) is 5.92. The summed E-state index contributed by atoms with van der Waals surface area (Å²) < 4.78 is 10.2. The molecule has 1 fully saturated rings. The Morgan fingerprint density at radius 1 is 1.05 bits per heavy atom. The predicted octanol–water partition coefficient (Wildman–Crippen LogP) is 4.79. The normalized spacial score (nSPS) is 16.6. The monoisotopic (exact) mass is 521 g/mol. The lowest BCUT2D eigenvalue weighted by Gasteiger charge is -2.26. The molecule has 1 atom stereocenters. The largest absolute Gasteiger partial charge is 0.508 e. The number of phenols is 1. The van der Waals surface area contributed by atoms with Gasteiger partial charge in [-0.15, -0.1) is 0 Å². The van der Waals surface area contributed by atoms with E-state index in [1.54, 1.807) is 49.4 Å². The van der Waals surface area contributed by atoms with Crippen molar-refractivity contribution in [3.8, 4) is 11.5 Å². The number of Topliss-reactive ketones (excluding diaryl/α,β-unsaturated/α-hetero) is 1. The zero-order valence-electron chi connectivity index (χ0n) is 20.1. The van der Waals surface area contributed by atoms with E-state index in [9.17, 15) is 24.6 Å². The third kappa shape index (κ3) is 5.15. The van der Waals surface area contributed by atoms with Gasteiger partial charge in [-0.2, -0.15) is 0 Å². The van der Waals surface area contributed by atoms with E-state index in [1.165, 1.54) is 36.3 Å². The number of halogens is 1. The van der Waals surface area contributed by atoms with Crippen LogP contribution in [-0.4, -0.2) is 41.6 Å². The van der Waals surface area contributed by atoms with Gasteiger partial charge in [0.15, 0.2) is 0 Å². The molecular weight excluding hydrogens is 498 g/mol. The molecule has 0 radical (unpaired) electrons. The number of carbonyl (C=O) groups is 3. The summed E-state index contributed by atoms with van der Waals surface area (Å²) in [7, 11) is 1.29. The van der Waals surface area contributed by atoms with Gasteiger partial charge in [-0.1, -0.05) is 35.9 Å². The highest BCUT2D eigenvalue weighted by molar-refractivity contribution is 6.52. The second-order valence-electron chi connectivity index (χ2n) is 8.26. The minimum atomic E-state index is -1.06. The summed E-state index contributed by atoms with van der Waals surface area (Å²) in [6.07, 6.45) is 0.0419. The van der Waals surface area contributed by atoms with Gasteiger partial charge in [-0.3, -0.25) is 19.3 Å². The van der Waals surface area contributed by atoms with Crippen LogP contribution in [0.1, 0.15) is 29.7 Å². The van der Waals surface area contributed by atoms with Gasteiger partial charge in [-0.05, 0) is 60.5 Å². The van der Waals surface area contributed by atoms with Crippen molar-refractivity contribution in [1.82, 2.24) is 0 Å². The molecule has 1 heterocycles. The first-order valence-corrected chi connectivity index (χ1v) is 11.8. The Labute approximate surface area is 218 Å². The van der Waals surface area contributed by atoms with E-state index < -0.39 is 29.5 Å². The van der Waals surface area contributed by atoms with E-state index in [0.29, 0.717) is 29.2 Å². The first-order valence-electron chi connectivity index (χ1n) is 11.4. The molecule has 8 nitrogen and oxygen atoms in total. The number of ketones is 1. The molecule has 1 unspecified atom stereocenters. The van der Waals surface area contributed by atoms with E-state index in [-0.39, 0.29) is 28.3 Å². The topological polar surface area (TPSA) is 113 Å². The molecule has 3 aromatic rings. The van der Waals surface area contributed by atoms with Crippen molar-refractivity contribution in [2.75, 3.05) is 18.6 Å². The number of methoxy groups -OCH3 is 1. The van der Waals surface area contributed by atoms with Gasteiger partial charge in [0.2, 0.25) is 0 Å². The number of phenolic OH excluding ortho intramolecular Hbond substituents is 1. The van der Waals surface area contributed by atoms with Gasteiger partial charge in [0, 0.05) is 11.3 Å². The van der Waals surface area contributed by atoms with Gasteiger partial charge in [0.05, 0.1) is 36.8 Å². The summed E-state index contributed by atoms with van der Waals surface area (Å²) >= 11 is 6.36. The second-order valence-corrected chi connectivity index (χ2v) is 8.67. The molecule has 0 aliphatic carbocycles. The van der Waals surface area contributed by atoms with E-state index in [0.717, 1.165) is 0 Å². The lowest BCUT2D eigenvalue weighted by Crippen LogP contribution is -2.29. The number of rotatable bonds is 7. The summed E-state index contributed by atoms with van der Waals surface area (Å²) in [5.74, 6) is -2.32. The number of aliphatic hydroxyl groups excluding tert-OH is 1. The first-order chi connectivity index (χ1) is 17.7. The van der Waals surface area contributed by atoms with Crippen molar-refractivity contribution in [2.45, 2.75) is 19.4 Å². The highest BCUT2D eigenvalue weighted by Gasteiger charge is 2.47. The standard InChI is InChI=1S/C28H24ClNO7/c1-3-37-20-11-12-22(29)21(15-20)26(33)24-25(17-5-4-6-19(31)14-17)30(28(35)27(24)34)18-9-7-16(8-10-18)13-23(32)36-2/h4-12,14-15,25,31,33H,3,13H2,1-2H3/b26-24+. The number of amides is 1. The quantitative estimate of drug-likeness (QED) is 0.199. The van der Waals surface area contributed by atoms with E-state index in [4.69, 9.17) is 21.1 Å². The minimum Gasteiger partial charge on any atom is -0.508 e. The van der Waals surface area contributed by atoms with Crippen LogP contribution < -0.4 is 9.64 Å². The Hall–Kier alpha value is -4.30. The van der Waals surface area contributed by atoms with Gasteiger partial charge in [-0.25, -0.2) is 0 Å². The maximum absolute atomic E-state index is 13.3. The van der Waals surface area contributed by atoms with E-state index in [2.05, 4.69) is 0 Å². The van der Waals surface area contributed by atoms with Crippen molar-refractivity contribution >= 4 is 40.7 Å². The SMILES string of the molecule is CCOc1ccc(Cl)c(/C(O)=C2\C(=O)C(=O)N(c3ccc(CC(=O)OC)cc3)C2c2cccc(O)c2)c1. The molecule has 1 aliphatic heterocycles. The number of benzene rings is 3. The van der Waals surface area contributed by atoms with Crippen molar-refractivity contribution < 1.29 is 34.1 Å². The number of carbonyl (C=O) groups excluding carboxylic acids is 3. The average Bonchev–Trinajstić information content (AvgIpc) is 3.15. The summed E-state index contributed by atoms with van der Waals surface area (Å²) in [5.41, 5.74) is 1.35. The predicted molar refractivity (Wildman–Crippen MR) is 138 cm³/mol. The molecule has 1 aliphatic rings. The number of aromatic hydroxyl groups is 1. The van der Waals surface area contributed by atoms with Crippen LogP contribution >= 0.6 is 11.6 Å². The second kappa shape index (κ2) is 10.8. The van der Waals surface area contributed by atoms with Crippen molar-refractivity contribution in [1.29, 1.82) is 0 Å². The summed E-state index contributed by atoms with van der Waals surface area (Å²) in [4.78, 5) is 39.5. The molecule has 0 aromatic heterocycles. The fraction of sp³-hybridized carbons (Fsp3) is 0.179. The smallest absolute Gasteiger partial charge is 0.309 e. The highest BCUT2D eigenvalue weighted by atomic mass is 35.5. The molecule has 1 amide bonds. The van der Waals surface area contributed by atoms with Gasteiger partial charge in [0.25, 0.3) is 11.7 Å². The summed E-state index contributed by atoms with van der Waals surface area (Å²) in [6, 6.07) is 16.2. The fourth-order valence-corrected chi connectivity index (χ4v) is 4.42. The van der Waals surface area contributed by atoms with E-state index >= 15 is 0 Å². The lowest BCUT2D eigenvalue weighted by atomic mass is 9.94. The number of ether oxygens (including phenoxy) is 2. The minimum absolute atomic E-state index is 0.0419. The molecule has 0 bridgehead atoms. The number of hydrogen-bond acceptors (Lipinski definition) is 7. The van der Waals surface area contributed by atoms with Crippen molar-refractivity contribution in [2.24, 2.45) is 0 Å².